The summed E-state index contributed by atoms with van der Waals surface area (Å²) >= 11 is 0. The molecule has 8 N–H and O–H groups in total. The van der Waals surface area contributed by atoms with E-state index in [9.17, 15) is 9.59 Å². The van der Waals surface area contributed by atoms with Crippen molar-refractivity contribution < 1.29 is 14.7 Å². The van der Waals surface area contributed by atoms with Gasteiger partial charge in [0.25, 0.3) is 0 Å². The molecule has 0 saturated heterocycles. The van der Waals surface area contributed by atoms with Gasteiger partial charge in [0.05, 0.1) is 6.61 Å². The Balaban J connectivity index is 3.87. The second-order valence-electron chi connectivity index (χ2n) is 3.83. The molecule has 2 amide bonds. The number of guanidine groups is 1. The molecule has 0 aromatic heterocycles. The van der Waals surface area contributed by atoms with Gasteiger partial charge in [0.15, 0.2) is 5.96 Å². The number of nitrogens with one attached hydrogen (secondary N) is 3. The van der Waals surface area contributed by atoms with Gasteiger partial charge < -0.3 is 27.2 Å². The second-order valence-corrected chi connectivity index (χ2v) is 3.83. The summed E-state index contributed by atoms with van der Waals surface area (Å²) < 4.78 is 0. The molecule has 0 aliphatic rings. The van der Waals surface area contributed by atoms with Crippen LogP contribution in [0.25, 0.3) is 0 Å². The molecule has 0 heterocycles. The molecule has 18 heavy (non-hydrogen) atoms. The molecule has 0 bridgehead atoms. The number of carbonyl (C=O) groups is 2. The average molecular weight is 259 g/mol. The molecule has 0 aromatic carbocycles. The first-order valence-corrected chi connectivity index (χ1v) is 5.74. The highest BCUT2D eigenvalue weighted by Crippen LogP contribution is 2.00. The fourth-order valence-electron chi connectivity index (χ4n) is 1.35. The van der Waals surface area contributed by atoms with Gasteiger partial charge in [0.2, 0.25) is 11.8 Å². The maximum Gasteiger partial charge on any atom is 0.239 e. The summed E-state index contributed by atoms with van der Waals surface area (Å²) in [6.07, 6.45) is 1.74. The Morgan fingerprint density at radius 3 is 2.44 bits per heavy atom. The van der Waals surface area contributed by atoms with E-state index in [0.29, 0.717) is 25.8 Å². The molecular weight excluding hydrogens is 238 g/mol. The number of aliphatic hydroxyl groups excluding tert-OH is 1. The predicted octanol–water partition coefficient (Wildman–Crippen LogP) is -2.01. The highest BCUT2D eigenvalue weighted by Gasteiger charge is 2.16. The normalized spacial score (nSPS) is 11.6. The van der Waals surface area contributed by atoms with Gasteiger partial charge in [-0.25, -0.2) is 0 Å². The first-order chi connectivity index (χ1) is 8.47. The van der Waals surface area contributed by atoms with E-state index in [1.54, 1.807) is 0 Å². The van der Waals surface area contributed by atoms with Crippen LogP contribution in [0.2, 0.25) is 0 Å². The van der Waals surface area contributed by atoms with Gasteiger partial charge in [0.1, 0.15) is 6.04 Å². The minimum atomic E-state index is -0.721. The molecular formula is C10H21N5O3. The molecule has 0 spiro atoms. The monoisotopic (exact) mass is 259 g/mol. The lowest BCUT2D eigenvalue weighted by Gasteiger charge is -2.15. The quantitative estimate of drug-likeness (QED) is 0.160. The number of carbonyl (C=O) groups excluding carboxylic acids is 2. The lowest BCUT2D eigenvalue weighted by Crippen LogP contribution is -2.44. The molecule has 0 unspecified atom stereocenters. The number of primary amides is 1. The Labute approximate surface area is 106 Å². The van der Waals surface area contributed by atoms with Gasteiger partial charge >= 0.3 is 0 Å². The molecule has 0 aliphatic heterocycles. The van der Waals surface area contributed by atoms with Crippen molar-refractivity contribution in [1.29, 1.82) is 5.41 Å². The molecule has 0 rings (SSSR count). The third-order valence-corrected chi connectivity index (χ3v) is 2.25. The van der Waals surface area contributed by atoms with Crippen molar-refractivity contribution in [1.82, 2.24) is 10.6 Å². The Kier molecular flexibility index (Phi) is 8.29. The highest BCUT2D eigenvalue weighted by molar-refractivity contribution is 5.86. The van der Waals surface area contributed by atoms with E-state index in [-0.39, 0.29) is 19.0 Å². The number of nitrogens with two attached hydrogens (primary N) is 2. The van der Waals surface area contributed by atoms with E-state index in [1.165, 1.54) is 0 Å². The summed E-state index contributed by atoms with van der Waals surface area (Å²) in [4.78, 5) is 22.3. The first kappa shape index (κ1) is 16.2. The lowest BCUT2D eigenvalue weighted by atomic mass is 10.1. The summed E-state index contributed by atoms with van der Waals surface area (Å²) in [5, 5.41) is 20.6. The standard InChI is InChI=1S/C10H21N5O3/c11-9(18)7(15-8(17)4-6-16)3-1-2-5-14-10(12)13/h7,16H,1-6H2,(H2,11,18)(H,15,17)(H4,12,13,14)/t7-/m0/s1. The number of hydrogen-bond acceptors (Lipinski definition) is 4. The SMILES string of the molecule is N=C(N)NCCCC[C@H](NC(=O)CCO)C(N)=O. The Bertz CT molecular complexity index is 295. The minimum Gasteiger partial charge on any atom is -0.396 e. The van der Waals surface area contributed by atoms with Crippen LogP contribution in [0.3, 0.4) is 0 Å². The third kappa shape index (κ3) is 8.34. The van der Waals surface area contributed by atoms with Gasteiger partial charge in [-0.3, -0.25) is 15.0 Å². The fraction of sp³-hybridized carbons (Fsp3) is 0.700. The van der Waals surface area contributed by atoms with Crippen LogP contribution < -0.4 is 22.1 Å². The maximum absolute atomic E-state index is 11.2. The van der Waals surface area contributed by atoms with Gasteiger partial charge in [-0.2, -0.15) is 0 Å². The Morgan fingerprint density at radius 2 is 1.94 bits per heavy atom. The molecule has 0 radical (unpaired) electrons. The van der Waals surface area contributed by atoms with Crippen LogP contribution in [0.15, 0.2) is 0 Å². The largest absolute Gasteiger partial charge is 0.396 e. The fourth-order valence-corrected chi connectivity index (χ4v) is 1.35. The smallest absolute Gasteiger partial charge is 0.239 e. The molecule has 0 fully saturated rings. The van der Waals surface area contributed by atoms with Crippen LogP contribution >= 0.6 is 0 Å². The average Bonchev–Trinajstić information content (AvgIpc) is 2.26. The third-order valence-electron chi connectivity index (χ3n) is 2.25. The van der Waals surface area contributed by atoms with Gasteiger partial charge in [-0.1, -0.05) is 0 Å². The zero-order chi connectivity index (χ0) is 14.0. The van der Waals surface area contributed by atoms with E-state index in [0.717, 1.165) is 0 Å². The maximum atomic E-state index is 11.2. The van der Waals surface area contributed by atoms with Crippen LogP contribution in [0.5, 0.6) is 0 Å². The van der Waals surface area contributed by atoms with E-state index >= 15 is 0 Å². The summed E-state index contributed by atoms with van der Waals surface area (Å²) in [7, 11) is 0. The minimum absolute atomic E-state index is 0.0460. The Hall–Kier alpha value is -1.83. The van der Waals surface area contributed by atoms with Crippen molar-refractivity contribution in [3.8, 4) is 0 Å². The van der Waals surface area contributed by atoms with Crippen molar-refractivity contribution in [2.24, 2.45) is 11.5 Å². The summed E-state index contributed by atoms with van der Waals surface area (Å²) in [5.74, 6) is -1.10. The van der Waals surface area contributed by atoms with Crippen molar-refractivity contribution in [2.75, 3.05) is 13.2 Å². The van der Waals surface area contributed by atoms with E-state index < -0.39 is 17.9 Å². The molecule has 0 aromatic rings. The van der Waals surface area contributed by atoms with Crippen LogP contribution in [0, 0.1) is 5.41 Å². The lowest BCUT2D eigenvalue weighted by molar-refractivity contribution is -0.127. The van der Waals surface area contributed by atoms with E-state index in [1.807, 2.05) is 0 Å². The van der Waals surface area contributed by atoms with Gasteiger partial charge in [-0.15, -0.1) is 0 Å². The summed E-state index contributed by atoms with van der Waals surface area (Å²) in [6.45, 7) is 0.269. The van der Waals surface area contributed by atoms with Crippen LogP contribution in [-0.4, -0.2) is 42.1 Å². The van der Waals surface area contributed by atoms with Crippen LogP contribution in [0.4, 0.5) is 0 Å². The molecule has 0 saturated carbocycles. The summed E-state index contributed by atoms with van der Waals surface area (Å²) in [5.41, 5.74) is 10.3. The van der Waals surface area contributed by atoms with Crippen molar-refractivity contribution in [2.45, 2.75) is 31.7 Å². The summed E-state index contributed by atoms with van der Waals surface area (Å²) in [6, 6.07) is -0.721. The van der Waals surface area contributed by atoms with Crippen molar-refractivity contribution in [3.05, 3.63) is 0 Å². The topological polar surface area (TPSA) is 154 Å². The molecule has 8 nitrogen and oxygen atoms in total. The Morgan fingerprint density at radius 1 is 1.28 bits per heavy atom. The van der Waals surface area contributed by atoms with Gasteiger partial charge in [0, 0.05) is 13.0 Å². The molecule has 104 valence electrons. The zero-order valence-electron chi connectivity index (χ0n) is 10.2. The van der Waals surface area contributed by atoms with E-state index in [2.05, 4.69) is 10.6 Å². The molecule has 8 heteroatoms. The highest BCUT2D eigenvalue weighted by atomic mass is 16.3. The first-order valence-electron chi connectivity index (χ1n) is 5.74. The second kappa shape index (κ2) is 9.23. The number of rotatable bonds is 9. The predicted molar refractivity (Wildman–Crippen MR) is 66.6 cm³/mol. The van der Waals surface area contributed by atoms with Crippen molar-refractivity contribution >= 4 is 17.8 Å². The van der Waals surface area contributed by atoms with Gasteiger partial charge in [-0.05, 0) is 19.3 Å². The number of amides is 2. The van der Waals surface area contributed by atoms with Crippen LogP contribution in [-0.2, 0) is 9.59 Å². The number of unbranched alkanes of at least 4 members (excludes halogenated alkanes) is 1. The number of aliphatic hydroxyl groups is 1. The van der Waals surface area contributed by atoms with Crippen LogP contribution in [0.1, 0.15) is 25.7 Å². The van der Waals surface area contributed by atoms with E-state index in [4.69, 9.17) is 22.0 Å². The molecule has 1 atom stereocenters. The number of hydrogen-bond donors (Lipinski definition) is 6. The zero-order valence-corrected chi connectivity index (χ0v) is 10.2. The molecule has 0 aliphatic carbocycles. The van der Waals surface area contributed by atoms with Crippen molar-refractivity contribution in [3.63, 3.8) is 0 Å².